The standard InChI is InChI=1S/C20H28N2O2S/c1-5-16-7-11-18(12-8-16)20(22(3)4)15-21-25(23,24)19-13-9-17(6-2)10-14-19/h7-14,20-21H,5-6,15H2,1-4H3. The third-order valence-corrected chi connectivity index (χ3v) is 5.94. The van der Waals surface area contributed by atoms with E-state index in [0.717, 1.165) is 24.0 Å². The van der Waals surface area contributed by atoms with Gasteiger partial charge in [-0.3, -0.25) is 0 Å². The first-order valence-corrected chi connectivity index (χ1v) is 10.2. The normalized spacial score (nSPS) is 13.2. The molecule has 0 bridgehead atoms. The second-order valence-corrected chi connectivity index (χ2v) is 8.19. The Bertz CT molecular complexity index is 766. The zero-order chi connectivity index (χ0) is 18.4. The van der Waals surface area contributed by atoms with Crippen molar-refractivity contribution in [3.8, 4) is 0 Å². The largest absolute Gasteiger partial charge is 0.301 e. The van der Waals surface area contributed by atoms with Crippen molar-refractivity contribution in [1.29, 1.82) is 0 Å². The highest BCUT2D eigenvalue weighted by molar-refractivity contribution is 7.89. The Morgan fingerprint density at radius 1 is 0.880 bits per heavy atom. The number of sulfonamides is 1. The van der Waals surface area contributed by atoms with Crippen LogP contribution >= 0.6 is 0 Å². The number of hydrogen-bond acceptors (Lipinski definition) is 3. The van der Waals surface area contributed by atoms with Gasteiger partial charge in [0.1, 0.15) is 0 Å². The molecule has 2 aromatic carbocycles. The second kappa shape index (κ2) is 8.61. The van der Waals surface area contributed by atoms with Crippen molar-refractivity contribution in [2.45, 2.75) is 37.6 Å². The summed E-state index contributed by atoms with van der Waals surface area (Å²) in [6.45, 7) is 4.50. The van der Waals surface area contributed by atoms with Crippen molar-refractivity contribution in [2.75, 3.05) is 20.6 Å². The Morgan fingerprint density at radius 2 is 1.36 bits per heavy atom. The van der Waals surface area contributed by atoms with Gasteiger partial charge in [0.05, 0.1) is 4.90 Å². The maximum Gasteiger partial charge on any atom is 0.240 e. The molecule has 0 saturated carbocycles. The van der Waals surface area contributed by atoms with Crippen molar-refractivity contribution in [1.82, 2.24) is 9.62 Å². The zero-order valence-corrected chi connectivity index (χ0v) is 16.3. The minimum absolute atomic E-state index is 0.0180. The predicted octanol–water partition coefficient (Wildman–Crippen LogP) is 3.39. The molecule has 0 heterocycles. The Morgan fingerprint density at radius 3 is 1.80 bits per heavy atom. The summed E-state index contributed by atoms with van der Waals surface area (Å²) in [5.41, 5.74) is 3.50. The van der Waals surface area contributed by atoms with E-state index in [0.29, 0.717) is 11.4 Å². The number of rotatable bonds is 8. The Hall–Kier alpha value is -1.69. The van der Waals surface area contributed by atoms with E-state index in [9.17, 15) is 8.42 Å². The monoisotopic (exact) mass is 360 g/mol. The smallest absolute Gasteiger partial charge is 0.240 e. The lowest BCUT2D eigenvalue weighted by Gasteiger charge is -2.25. The summed E-state index contributed by atoms with van der Waals surface area (Å²) in [6.07, 6.45) is 1.89. The number of nitrogens with one attached hydrogen (secondary N) is 1. The van der Waals surface area contributed by atoms with Gasteiger partial charge in [-0.2, -0.15) is 0 Å². The van der Waals surface area contributed by atoms with Gasteiger partial charge >= 0.3 is 0 Å². The highest BCUT2D eigenvalue weighted by Gasteiger charge is 2.19. The average Bonchev–Trinajstić information content (AvgIpc) is 2.62. The number of aryl methyl sites for hydroxylation is 2. The van der Waals surface area contributed by atoms with Crippen molar-refractivity contribution in [3.63, 3.8) is 0 Å². The van der Waals surface area contributed by atoms with Crippen molar-refractivity contribution in [2.24, 2.45) is 0 Å². The van der Waals surface area contributed by atoms with Crippen LogP contribution in [0.2, 0.25) is 0 Å². The maximum atomic E-state index is 12.6. The van der Waals surface area contributed by atoms with Gasteiger partial charge in [0, 0.05) is 12.6 Å². The number of nitrogens with zero attached hydrogens (tertiary/aromatic N) is 1. The summed E-state index contributed by atoms with van der Waals surface area (Å²) >= 11 is 0. The van der Waals surface area contributed by atoms with Crippen molar-refractivity contribution in [3.05, 3.63) is 65.2 Å². The molecule has 2 aromatic rings. The maximum absolute atomic E-state index is 12.6. The van der Waals surface area contributed by atoms with Crippen LogP contribution in [0.15, 0.2) is 53.4 Å². The molecule has 0 amide bonds. The number of likely N-dealkylation sites (N-methyl/N-ethyl adjacent to an activating group) is 1. The fourth-order valence-electron chi connectivity index (χ4n) is 2.75. The van der Waals surface area contributed by atoms with Gasteiger partial charge in [0.2, 0.25) is 10.0 Å². The second-order valence-electron chi connectivity index (χ2n) is 6.42. The summed E-state index contributed by atoms with van der Waals surface area (Å²) in [5, 5.41) is 0. The molecule has 0 aromatic heterocycles. The zero-order valence-electron chi connectivity index (χ0n) is 15.5. The fourth-order valence-corrected chi connectivity index (χ4v) is 3.79. The summed E-state index contributed by atoms with van der Waals surface area (Å²) in [4.78, 5) is 2.34. The van der Waals surface area contributed by atoms with Gasteiger partial charge in [0.25, 0.3) is 0 Å². The first-order chi connectivity index (χ1) is 11.9. The molecule has 5 heteroatoms. The molecule has 0 fully saturated rings. The third-order valence-electron chi connectivity index (χ3n) is 4.50. The minimum Gasteiger partial charge on any atom is -0.301 e. The summed E-state index contributed by atoms with van der Waals surface area (Å²) in [5.74, 6) is 0. The van der Waals surface area contributed by atoms with Gasteiger partial charge in [0.15, 0.2) is 0 Å². The van der Waals surface area contributed by atoms with E-state index < -0.39 is 10.0 Å². The van der Waals surface area contributed by atoms with E-state index in [4.69, 9.17) is 0 Å². The first kappa shape index (κ1) is 19.6. The van der Waals surface area contributed by atoms with E-state index >= 15 is 0 Å². The molecule has 2 rings (SSSR count). The van der Waals surface area contributed by atoms with Gasteiger partial charge in [-0.25, -0.2) is 13.1 Å². The Kier molecular flexibility index (Phi) is 6.76. The van der Waals surface area contributed by atoms with Crippen LogP contribution in [0.1, 0.15) is 36.6 Å². The SMILES string of the molecule is CCc1ccc(C(CNS(=O)(=O)c2ccc(CC)cc2)N(C)C)cc1. The topological polar surface area (TPSA) is 49.4 Å². The molecule has 0 saturated heterocycles. The lowest BCUT2D eigenvalue weighted by Crippen LogP contribution is -2.34. The molecule has 1 N–H and O–H groups in total. The molecule has 1 unspecified atom stereocenters. The molecule has 0 spiro atoms. The van der Waals surface area contributed by atoms with E-state index in [1.165, 1.54) is 5.56 Å². The van der Waals surface area contributed by atoms with Crippen LogP contribution in [0, 0.1) is 0 Å². The minimum atomic E-state index is -3.51. The van der Waals surface area contributed by atoms with Crippen molar-refractivity contribution >= 4 is 10.0 Å². The van der Waals surface area contributed by atoms with Crippen LogP contribution in [0.5, 0.6) is 0 Å². The molecule has 136 valence electrons. The lowest BCUT2D eigenvalue weighted by molar-refractivity contribution is 0.299. The fraction of sp³-hybridized carbons (Fsp3) is 0.400. The van der Waals surface area contributed by atoms with E-state index in [-0.39, 0.29) is 6.04 Å². The van der Waals surface area contributed by atoms with Crippen molar-refractivity contribution < 1.29 is 8.42 Å². The summed E-state index contributed by atoms with van der Waals surface area (Å²) < 4.78 is 27.9. The van der Waals surface area contributed by atoms with Gasteiger partial charge in [-0.05, 0) is 55.8 Å². The predicted molar refractivity (Wildman–Crippen MR) is 103 cm³/mol. The van der Waals surface area contributed by atoms with Crippen LogP contribution in [0.25, 0.3) is 0 Å². The molecule has 0 aliphatic carbocycles. The Labute approximate surface area is 151 Å². The molecule has 0 aliphatic heterocycles. The van der Waals surface area contributed by atoms with E-state index in [1.807, 2.05) is 38.1 Å². The molecule has 4 nitrogen and oxygen atoms in total. The van der Waals surface area contributed by atoms with Gasteiger partial charge in [-0.15, -0.1) is 0 Å². The molecule has 0 aliphatic rings. The van der Waals surface area contributed by atoms with Gasteiger partial charge in [-0.1, -0.05) is 50.2 Å². The van der Waals surface area contributed by atoms with Crippen LogP contribution in [0.3, 0.4) is 0 Å². The molecule has 0 radical (unpaired) electrons. The lowest BCUT2D eigenvalue weighted by atomic mass is 10.0. The summed E-state index contributed by atoms with van der Waals surface area (Å²) in [7, 11) is 0.411. The number of benzene rings is 2. The molecular formula is C20H28N2O2S. The quantitative estimate of drug-likeness (QED) is 0.785. The molecule has 25 heavy (non-hydrogen) atoms. The molecule has 1 atom stereocenters. The van der Waals surface area contributed by atoms with Crippen LogP contribution in [0.4, 0.5) is 0 Å². The average molecular weight is 361 g/mol. The highest BCUT2D eigenvalue weighted by atomic mass is 32.2. The summed E-state index contributed by atoms with van der Waals surface area (Å²) in [6, 6.07) is 15.4. The van der Waals surface area contributed by atoms with Crippen LogP contribution < -0.4 is 4.72 Å². The third kappa shape index (κ3) is 5.14. The van der Waals surface area contributed by atoms with Crippen LogP contribution in [-0.2, 0) is 22.9 Å². The highest BCUT2D eigenvalue weighted by Crippen LogP contribution is 2.19. The first-order valence-electron chi connectivity index (χ1n) is 8.71. The van der Waals surface area contributed by atoms with E-state index in [1.54, 1.807) is 12.1 Å². The number of hydrogen-bond donors (Lipinski definition) is 1. The van der Waals surface area contributed by atoms with Crippen LogP contribution in [-0.4, -0.2) is 34.0 Å². The van der Waals surface area contributed by atoms with E-state index in [2.05, 4.69) is 35.9 Å². The Balaban J connectivity index is 2.13. The molecular weight excluding hydrogens is 332 g/mol. The van der Waals surface area contributed by atoms with Gasteiger partial charge < -0.3 is 4.90 Å².